The number of carbonyl (C=O) groups excluding carboxylic acids is 3. The molecule has 0 bridgehead atoms. The van der Waals surface area contributed by atoms with Crippen LogP contribution in [0.5, 0.6) is 0 Å². The minimum atomic E-state index is -0.504. The smallest absolute Gasteiger partial charge is 0.328 e. The van der Waals surface area contributed by atoms with Crippen LogP contribution in [-0.2, 0) is 4.79 Å². The fraction of sp³-hybridized carbons (Fsp3) is 0.300. The third-order valence-corrected chi connectivity index (χ3v) is 5.38. The summed E-state index contributed by atoms with van der Waals surface area (Å²) in [5.74, 6) is 0.271. The predicted molar refractivity (Wildman–Crippen MR) is 109 cm³/mol. The van der Waals surface area contributed by atoms with Gasteiger partial charge >= 0.3 is 6.03 Å². The van der Waals surface area contributed by atoms with Crippen LogP contribution in [0, 0.1) is 0 Å². The minimum absolute atomic E-state index is 0.142. The Kier molecular flexibility index (Phi) is 5.35. The largest absolute Gasteiger partial charge is 0.352 e. The van der Waals surface area contributed by atoms with Crippen LogP contribution in [0.25, 0.3) is 0 Å². The summed E-state index contributed by atoms with van der Waals surface area (Å²) in [4.78, 5) is 46.4. The minimum Gasteiger partial charge on any atom is -0.352 e. The average Bonchev–Trinajstić information content (AvgIpc) is 2.74. The van der Waals surface area contributed by atoms with Crippen molar-refractivity contribution in [3.05, 3.63) is 53.2 Å². The number of hydrogen-bond donors (Lipinski definition) is 1. The summed E-state index contributed by atoms with van der Waals surface area (Å²) in [5, 5.41) is 2.89. The maximum Gasteiger partial charge on any atom is 0.328 e. The first-order valence-electron chi connectivity index (χ1n) is 9.39. The zero-order valence-corrected chi connectivity index (χ0v) is 16.4. The molecule has 4 rings (SSSR count). The normalized spacial score (nSPS) is 17.3. The van der Waals surface area contributed by atoms with Crippen LogP contribution in [0.4, 0.5) is 16.3 Å². The summed E-state index contributed by atoms with van der Waals surface area (Å²) in [6.45, 7) is 2.52. The molecule has 1 N–H and O–H groups in total. The molecule has 8 nitrogen and oxygen atoms in total. The second-order valence-electron chi connectivity index (χ2n) is 6.86. The molecule has 0 aliphatic carbocycles. The molecule has 3 heterocycles. The second kappa shape index (κ2) is 8.08. The number of nitrogens with one attached hydrogen (secondary N) is 1. The third-order valence-electron chi connectivity index (χ3n) is 5.08. The Hall–Kier alpha value is -3.13. The Morgan fingerprint density at radius 1 is 1.00 bits per heavy atom. The number of para-hydroxylation sites is 1. The molecule has 29 heavy (non-hydrogen) atoms. The Morgan fingerprint density at radius 2 is 1.76 bits per heavy atom. The van der Waals surface area contributed by atoms with E-state index in [1.54, 1.807) is 47.5 Å². The number of piperazine rings is 1. The predicted octanol–water partition coefficient (Wildman–Crippen LogP) is 2.14. The number of carbonyl (C=O) groups is 3. The molecule has 2 aromatic rings. The molecule has 9 heteroatoms. The van der Waals surface area contributed by atoms with Crippen LogP contribution in [0.1, 0.15) is 16.8 Å². The van der Waals surface area contributed by atoms with Crippen LogP contribution in [0.3, 0.4) is 0 Å². The highest BCUT2D eigenvalue weighted by Gasteiger charge is 2.30. The van der Waals surface area contributed by atoms with Crippen molar-refractivity contribution in [1.82, 2.24) is 15.2 Å². The summed E-state index contributed by atoms with van der Waals surface area (Å²) >= 11 is 6.23. The topological polar surface area (TPSA) is 85.9 Å². The van der Waals surface area contributed by atoms with Gasteiger partial charge in [-0.05, 0) is 24.3 Å². The van der Waals surface area contributed by atoms with E-state index in [0.29, 0.717) is 42.5 Å². The first-order chi connectivity index (χ1) is 14.0. The van der Waals surface area contributed by atoms with Gasteiger partial charge in [-0.3, -0.25) is 19.8 Å². The molecule has 150 valence electrons. The van der Waals surface area contributed by atoms with Crippen LogP contribution in [0.15, 0.2) is 42.6 Å². The number of benzene rings is 1. The van der Waals surface area contributed by atoms with E-state index in [2.05, 4.69) is 15.2 Å². The zero-order chi connectivity index (χ0) is 20.4. The summed E-state index contributed by atoms with van der Waals surface area (Å²) in [7, 11) is 0. The summed E-state index contributed by atoms with van der Waals surface area (Å²) in [6, 6.07) is 10.1. The molecule has 4 amide bonds. The monoisotopic (exact) mass is 413 g/mol. The highest BCUT2D eigenvalue weighted by atomic mass is 35.5. The van der Waals surface area contributed by atoms with Crippen molar-refractivity contribution in [1.29, 1.82) is 0 Å². The zero-order valence-electron chi connectivity index (χ0n) is 15.7. The maximum atomic E-state index is 13.2. The number of pyridine rings is 1. The molecule has 0 unspecified atom stereocenters. The van der Waals surface area contributed by atoms with Gasteiger partial charge in [-0.1, -0.05) is 23.7 Å². The van der Waals surface area contributed by atoms with E-state index in [1.807, 2.05) is 0 Å². The molecule has 0 atom stereocenters. The van der Waals surface area contributed by atoms with Crippen LogP contribution >= 0.6 is 11.6 Å². The Labute approximate surface area is 173 Å². The van der Waals surface area contributed by atoms with Gasteiger partial charge in [0.1, 0.15) is 5.82 Å². The van der Waals surface area contributed by atoms with Crippen molar-refractivity contribution in [2.75, 3.05) is 42.5 Å². The van der Waals surface area contributed by atoms with Crippen LogP contribution < -0.4 is 15.1 Å². The molecule has 0 radical (unpaired) electrons. The molecule has 0 spiro atoms. The standard InChI is InChI=1S/C20H20ClN5O3/c21-15-5-3-8-22-18(15)24-10-12-25(13-11-24)19(28)14-4-1-2-6-16(14)26-9-7-17(27)23-20(26)29/h1-6,8H,7,9-13H2,(H,23,27,29). The lowest BCUT2D eigenvalue weighted by Gasteiger charge is -2.36. The van der Waals surface area contributed by atoms with Crippen molar-refractivity contribution in [2.45, 2.75) is 6.42 Å². The number of nitrogens with zero attached hydrogens (tertiary/aromatic N) is 4. The van der Waals surface area contributed by atoms with Gasteiger partial charge < -0.3 is 9.80 Å². The lowest BCUT2D eigenvalue weighted by molar-refractivity contribution is -0.120. The van der Waals surface area contributed by atoms with Crippen LogP contribution in [0.2, 0.25) is 5.02 Å². The first-order valence-corrected chi connectivity index (χ1v) is 9.77. The molecule has 0 saturated carbocycles. The van der Waals surface area contributed by atoms with Crippen molar-refractivity contribution >= 4 is 41.0 Å². The van der Waals surface area contributed by atoms with E-state index >= 15 is 0 Å². The van der Waals surface area contributed by atoms with E-state index in [4.69, 9.17) is 11.6 Å². The summed E-state index contributed by atoms with van der Waals surface area (Å²) in [6.07, 6.45) is 1.90. The van der Waals surface area contributed by atoms with Gasteiger partial charge in [-0.2, -0.15) is 0 Å². The van der Waals surface area contributed by atoms with Crippen molar-refractivity contribution < 1.29 is 14.4 Å². The number of amides is 4. The lowest BCUT2D eigenvalue weighted by atomic mass is 10.1. The fourth-order valence-electron chi connectivity index (χ4n) is 3.59. The molecular formula is C20H20ClN5O3. The third kappa shape index (κ3) is 3.88. The van der Waals surface area contributed by atoms with E-state index in [0.717, 1.165) is 5.82 Å². The SMILES string of the molecule is O=C1CCN(c2ccccc2C(=O)N2CCN(c3ncccc3Cl)CC2)C(=O)N1. The number of urea groups is 1. The highest BCUT2D eigenvalue weighted by molar-refractivity contribution is 6.32. The molecule has 1 aromatic heterocycles. The van der Waals surface area contributed by atoms with Gasteiger partial charge in [-0.25, -0.2) is 9.78 Å². The number of rotatable bonds is 3. The maximum absolute atomic E-state index is 13.2. The number of hydrogen-bond acceptors (Lipinski definition) is 5. The van der Waals surface area contributed by atoms with Gasteiger partial charge in [-0.15, -0.1) is 0 Å². The van der Waals surface area contributed by atoms with E-state index in [-0.39, 0.29) is 24.8 Å². The Balaban J connectivity index is 1.49. The lowest BCUT2D eigenvalue weighted by Crippen LogP contribution is -2.51. The highest BCUT2D eigenvalue weighted by Crippen LogP contribution is 2.26. The number of halogens is 1. The molecular weight excluding hydrogens is 394 g/mol. The molecule has 1 aromatic carbocycles. The number of imide groups is 1. The molecule has 2 fully saturated rings. The molecule has 2 saturated heterocycles. The summed E-state index contributed by atoms with van der Waals surface area (Å²) in [5.41, 5.74) is 0.957. The second-order valence-corrected chi connectivity index (χ2v) is 7.27. The number of aromatic nitrogens is 1. The van der Waals surface area contributed by atoms with Gasteiger partial charge in [0.25, 0.3) is 5.91 Å². The quantitative estimate of drug-likeness (QED) is 0.833. The Morgan fingerprint density at radius 3 is 2.48 bits per heavy atom. The van der Waals surface area contributed by atoms with Gasteiger partial charge in [0.15, 0.2) is 0 Å². The van der Waals surface area contributed by atoms with Crippen molar-refractivity contribution in [2.24, 2.45) is 0 Å². The average molecular weight is 414 g/mol. The van der Waals surface area contributed by atoms with Crippen molar-refractivity contribution in [3.8, 4) is 0 Å². The molecule has 2 aliphatic heterocycles. The Bertz CT molecular complexity index is 959. The fourth-order valence-corrected chi connectivity index (χ4v) is 3.83. The van der Waals surface area contributed by atoms with Gasteiger partial charge in [0, 0.05) is 45.3 Å². The first kappa shape index (κ1) is 19.2. The van der Waals surface area contributed by atoms with Gasteiger partial charge in [0.2, 0.25) is 5.91 Å². The van der Waals surface area contributed by atoms with E-state index < -0.39 is 6.03 Å². The molecule has 2 aliphatic rings. The summed E-state index contributed by atoms with van der Waals surface area (Å²) < 4.78 is 0. The van der Waals surface area contributed by atoms with Gasteiger partial charge in [0.05, 0.1) is 16.3 Å². The van der Waals surface area contributed by atoms with Crippen molar-refractivity contribution in [3.63, 3.8) is 0 Å². The van der Waals surface area contributed by atoms with E-state index in [9.17, 15) is 14.4 Å². The van der Waals surface area contributed by atoms with E-state index in [1.165, 1.54) is 4.90 Å². The number of anilines is 2. The van der Waals surface area contributed by atoms with Crippen LogP contribution in [-0.4, -0.2) is 60.5 Å².